The molecule has 0 aromatic carbocycles. The van der Waals surface area contributed by atoms with Crippen molar-refractivity contribution in [3.8, 4) is 0 Å². The Kier molecular flexibility index (Phi) is 6.71. The van der Waals surface area contributed by atoms with Gasteiger partial charge in [-0.2, -0.15) is 70.2 Å². The van der Waals surface area contributed by atoms with Crippen LogP contribution in [-0.4, -0.2) is 54.0 Å². The van der Waals surface area contributed by atoms with E-state index in [4.69, 9.17) is 0 Å². The summed E-state index contributed by atoms with van der Waals surface area (Å²) in [6.07, 6.45) is -15.2. The Morgan fingerprint density at radius 3 is 0.862 bits per heavy atom. The minimum absolute atomic E-state index is 0.547. The third kappa shape index (κ3) is 3.53. The summed E-state index contributed by atoms with van der Waals surface area (Å²) in [6, 6.07) is 0. The molecule has 0 rings (SSSR count). The van der Waals surface area contributed by atoms with E-state index in [1.165, 1.54) is 0 Å². The van der Waals surface area contributed by atoms with Crippen LogP contribution in [0.2, 0.25) is 6.55 Å². The van der Waals surface area contributed by atoms with Crippen LogP contribution in [-0.2, 0) is 0 Å². The van der Waals surface area contributed by atoms with Crippen molar-refractivity contribution >= 4 is 28.9 Å². The van der Waals surface area contributed by atoms with Gasteiger partial charge in [0.25, 0.3) is 5.29 Å². The Hall–Kier alpha value is -0.393. The Balaban J connectivity index is 7.04. The number of hydrogen-bond acceptors (Lipinski definition) is 0. The summed E-state index contributed by atoms with van der Waals surface area (Å²) in [5.74, 6) is -42.0. The molecule has 1 unspecified atom stereocenters. The Bertz CT molecular complexity index is 598. The molecular weight excluding hydrogens is 530 g/mol. The lowest BCUT2D eigenvalue weighted by Gasteiger charge is -2.46. The van der Waals surface area contributed by atoms with Crippen LogP contribution in [0.25, 0.3) is 0 Å². The van der Waals surface area contributed by atoms with Crippen molar-refractivity contribution in [1.29, 1.82) is 0 Å². The monoisotopic (exact) mass is 532 g/mol. The van der Waals surface area contributed by atoms with Gasteiger partial charge < -0.3 is 0 Å². The fourth-order valence-corrected chi connectivity index (χ4v) is 4.25. The van der Waals surface area contributed by atoms with Gasteiger partial charge in [0, 0.05) is 0 Å². The molecule has 0 amide bonds. The molecule has 176 valence electrons. The first-order valence-corrected chi connectivity index (χ1v) is 10.6. The largest absolute Gasteiger partial charge is 0.460 e. The fraction of sp³-hybridized carbons (Fsp3) is 1.00. The molecule has 0 aliphatic rings. The number of rotatable bonds is 6. The van der Waals surface area contributed by atoms with E-state index >= 15 is 0 Å². The molecule has 0 aliphatic carbocycles. The van der Waals surface area contributed by atoms with Gasteiger partial charge in [0.1, 0.15) is 0 Å². The molecule has 0 heterocycles. The molecule has 20 heteroatoms. The van der Waals surface area contributed by atoms with Crippen LogP contribution >= 0.6 is 22.2 Å². The fourth-order valence-electron chi connectivity index (χ4n) is 1.69. The lowest BCUT2D eigenvalue weighted by atomic mass is 9.91. The first-order valence-electron chi connectivity index (χ1n) is 6.09. The molecule has 0 saturated carbocycles. The van der Waals surface area contributed by atoms with Crippen LogP contribution in [0.3, 0.4) is 0 Å². The second kappa shape index (κ2) is 6.80. The third-order valence-electron chi connectivity index (χ3n) is 3.36. The maximum absolute atomic E-state index is 14.0. The molecule has 0 N–H and O–H groups in total. The van der Waals surface area contributed by atoms with Gasteiger partial charge in [0.2, 0.25) is 0 Å². The molecule has 0 aromatic rings. The smallest absolute Gasteiger partial charge is 0.228 e. The topological polar surface area (TPSA) is 0 Å². The minimum atomic E-state index is -8.61. The van der Waals surface area contributed by atoms with Crippen molar-refractivity contribution in [2.75, 3.05) is 0 Å². The zero-order chi connectivity index (χ0) is 24.5. The highest BCUT2D eigenvalue weighted by atomic mass is 35.7. The number of halogens is 19. The Labute approximate surface area is 158 Å². The van der Waals surface area contributed by atoms with E-state index in [9.17, 15) is 74.6 Å². The molecular formula is C9H3Cl2F17Si. The SMILES string of the molecule is C[Si](Cl)(Cl)C(F)(C(F)(F)F)C(F)(F)C(F)(F)C(F)(F)C(F)(F)C(F)(F)C(F)(F)F. The van der Waals surface area contributed by atoms with Gasteiger partial charge in [-0.05, 0) is 6.55 Å². The third-order valence-corrected chi connectivity index (χ3v) is 6.73. The summed E-state index contributed by atoms with van der Waals surface area (Å²) in [5.41, 5.74) is 0. The van der Waals surface area contributed by atoms with Crippen LogP contribution in [0, 0.1) is 0 Å². The van der Waals surface area contributed by atoms with E-state index in [0.29, 0.717) is 0 Å². The van der Waals surface area contributed by atoms with Gasteiger partial charge >= 0.3 is 48.7 Å². The molecule has 0 aliphatic heterocycles. The summed E-state index contributed by atoms with van der Waals surface area (Å²) in [5, 5.41) is -7.12. The molecule has 0 fully saturated rings. The van der Waals surface area contributed by atoms with Crippen molar-refractivity contribution in [3.05, 3.63) is 0 Å². The Morgan fingerprint density at radius 1 is 0.414 bits per heavy atom. The molecule has 0 aromatic heterocycles. The maximum atomic E-state index is 14.0. The van der Waals surface area contributed by atoms with E-state index in [0.717, 1.165) is 0 Å². The predicted octanol–water partition coefficient (Wildman–Crippen LogP) is 7.08. The van der Waals surface area contributed by atoms with Crippen molar-refractivity contribution in [1.82, 2.24) is 0 Å². The normalized spacial score (nSPS) is 18.6. The standard InChI is InChI=1S/C9H3Cl2F17Si/c1-29(10,11)7(22,9(26,27)28)5(18,19)3(14,15)2(12,13)4(16,17)6(20,21)8(23,24)25/h1H3. The lowest BCUT2D eigenvalue weighted by molar-refractivity contribution is -0.451. The van der Waals surface area contributed by atoms with Crippen molar-refractivity contribution < 1.29 is 74.6 Å². The van der Waals surface area contributed by atoms with Crippen LogP contribution in [0.1, 0.15) is 0 Å². The molecule has 1 atom stereocenters. The highest BCUT2D eigenvalue weighted by Gasteiger charge is 2.96. The second-order valence-electron chi connectivity index (χ2n) is 5.41. The molecule has 0 bridgehead atoms. The first kappa shape index (κ1) is 28.6. The van der Waals surface area contributed by atoms with Crippen molar-refractivity contribution in [3.63, 3.8) is 0 Å². The summed E-state index contributed by atoms with van der Waals surface area (Å²) in [4.78, 5) is 0. The summed E-state index contributed by atoms with van der Waals surface area (Å²) in [7, 11) is 0. The van der Waals surface area contributed by atoms with Gasteiger partial charge in [-0.1, -0.05) is 0 Å². The molecule has 0 spiro atoms. The average Bonchev–Trinajstić information content (AvgIpc) is 2.41. The molecule has 0 saturated heterocycles. The second-order valence-corrected chi connectivity index (χ2v) is 13.0. The number of alkyl halides is 17. The van der Waals surface area contributed by atoms with E-state index in [2.05, 4.69) is 22.2 Å². The summed E-state index contributed by atoms with van der Waals surface area (Å²) < 4.78 is 219. The highest BCUT2D eigenvalue weighted by Crippen LogP contribution is 2.65. The highest BCUT2D eigenvalue weighted by molar-refractivity contribution is 7.46. The van der Waals surface area contributed by atoms with Crippen molar-refractivity contribution in [2.24, 2.45) is 0 Å². The van der Waals surface area contributed by atoms with Gasteiger partial charge in [-0.25, -0.2) is 4.39 Å². The molecule has 0 nitrogen and oxygen atoms in total. The quantitative estimate of drug-likeness (QED) is 0.195. The molecule has 0 radical (unpaired) electrons. The van der Waals surface area contributed by atoms with Crippen LogP contribution in [0.15, 0.2) is 0 Å². The number of hydrogen-bond donors (Lipinski definition) is 0. The van der Waals surface area contributed by atoms with E-state index in [-0.39, 0.29) is 0 Å². The lowest BCUT2D eigenvalue weighted by Crippen LogP contribution is -2.78. The van der Waals surface area contributed by atoms with Crippen LogP contribution in [0.4, 0.5) is 74.6 Å². The Morgan fingerprint density at radius 2 is 0.655 bits per heavy atom. The first-order chi connectivity index (χ1) is 12.0. The average molecular weight is 533 g/mol. The van der Waals surface area contributed by atoms with Crippen LogP contribution in [0.5, 0.6) is 0 Å². The van der Waals surface area contributed by atoms with Crippen LogP contribution < -0.4 is 0 Å². The zero-order valence-electron chi connectivity index (χ0n) is 12.7. The van der Waals surface area contributed by atoms with Crippen molar-refractivity contribution in [2.45, 2.75) is 53.8 Å². The summed E-state index contributed by atoms with van der Waals surface area (Å²) >= 11 is 8.96. The van der Waals surface area contributed by atoms with E-state index in [1.54, 1.807) is 0 Å². The van der Waals surface area contributed by atoms with E-state index in [1.807, 2.05) is 0 Å². The minimum Gasteiger partial charge on any atom is -0.228 e. The van der Waals surface area contributed by atoms with Gasteiger partial charge in [-0.3, -0.25) is 0 Å². The predicted molar refractivity (Wildman–Crippen MR) is 64.0 cm³/mol. The van der Waals surface area contributed by atoms with Gasteiger partial charge in [-0.15, -0.1) is 22.2 Å². The summed E-state index contributed by atoms with van der Waals surface area (Å²) in [6.45, 7) is -7.12. The molecule has 29 heavy (non-hydrogen) atoms. The van der Waals surface area contributed by atoms with Gasteiger partial charge in [0.05, 0.1) is 0 Å². The van der Waals surface area contributed by atoms with Gasteiger partial charge in [0.15, 0.2) is 0 Å². The van der Waals surface area contributed by atoms with E-state index < -0.39 is 60.5 Å². The maximum Gasteiger partial charge on any atom is 0.460 e. The zero-order valence-corrected chi connectivity index (χ0v) is 15.2.